The van der Waals surface area contributed by atoms with Gasteiger partial charge in [-0.1, -0.05) is 29.8 Å². The van der Waals surface area contributed by atoms with Gasteiger partial charge in [0.1, 0.15) is 0 Å². The van der Waals surface area contributed by atoms with Gasteiger partial charge >= 0.3 is 6.18 Å². The molecule has 0 aromatic heterocycles. The molecular formula is C27H34ClF3N4O. The normalized spacial score (nSPS) is 22.4. The molecule has 5 nitrogen and oxygen atoms in total. The summed E-state index contributed by atoms with van der Waals surface area (Å²) in [6, 6.07) is 10.9. The summed E-state index contributed by atoms with van der Waals surface area (Å²) in [5.74, 6) is -0.122. The number of piperidine rings is 1. The van der Waals surface area contributed by atoms with E-state index in [1.54, 1.807) is 30.3 Å². The largest absolute Gasteiger partial charge is 0.416 e. The number of alkyl halides is 3. The van der Waals surface area contributed by atoms with Crippen LogP contribution in [0, 0.1) is 0 Å². The van der Waals surface area contributed by atoms with Gasteiger partial charge in [0, 0.05) is 56.0 Å². The van der Waals surface area contributed by atoms with Gasteiger partial charge in [0.25, 0.3) is 5.91 Å². The van der Waals surface area contributed by atoms with E-state index >= 15 is 0 Å². The van der Waals surface area contributed by atoms with Crippen LogP contribution in [0.1, 0.15) is 61.1 Å². The molecule has 2 heterocycles. The van der Waals surface area contributed by atoms with Gasteiger partial charge in [-0.15, -0.1) is 0 Å². The lowest BCUT2D eigenvalue weighted by Crippen LogP contribution is -2.62. The minimum atomic E-state index is -4.32. The number of halogens is 4. The number of likely N-dealkylation sites (tertiary alicyclic amines) is 1. The number of hydrogen-bond donors (Lipinski definition) is 1. The summed E-state index contributed by atoms with van der Waals surface area (Å²) in [6.07, 6.45) is -2.62. The van der Waals surface area contributed by atoms with Crippen molar-refractivity contribution in [3.63, 3.8) is 0 Å². The predicted octanol–water partition coefficient (Wildman–Crippen LogP) is 5.70. The Labute approximate surface area is 216 Å². The van der Waals surface area contributed by atoms with Gasteiger partial charge in [-0.05, 0) is 63.4 Å². The van der Waals surface area contributed by atoms with Crippen molar-refractivity contribution in [1.29, 1.82) is 0 Å². The third-order valence-corrected chi connectivity index (χ3v) is 8.36. The summed E-state index contributed by atoms with van der Waals surface area (Å²) in [5, 5.41) is 0.375. The molecule has 0 bridgehead atoms. The number of hydrogen-bond acceptors (Lipinski definition) is 4. The van der Waals surface area contributed by atoms with Crippen LogP contribution in [0.3, 0.4) is 0 Å². The van der Waals surface area contributed by atoms with Crippen LogP contribution >= 0.6 is 11.6 Å². The van der Waals surface area contributed by atoms with Gasteiger partial charge < -0.3 is 10.6 Å². The first-order chi connectivity index (χ1) is 16.9. The highest BCUT2D eigenvalue weighted by Gasteiger charge is 2.41. The van der Waals surface area contributed by atoms with E-state index in [0.29, 0.717) is 29.4 Å². The van der Waals surface area contributed by atoms with E-state index in [4.69, 9.17) is 17.3 Å². The number of piperazine rings is 1. The lowest BCUT2D eigenvalue weighted by atomic mass is 9.86. The topological polar surface area (TPSA) is 52.8 Å². The lowest BCUT2D eigenvalue weighted by Gasteiger charge is -2.52. The Balaban J connectivity index is 1.36. The molecule has 4 rings (SSSR count). The number of carbonyl (C=O) groups excluding carboxylic acids is 1. The second-order valence-corrected chi connectivity index (χ2v) is 10.7. The van der Waals surface area contributed by atoms with Crippen LogP contribution < -0.4 is 5.73 Å². The average Bonchev–Trinajstić information content (AvgIpc) is 2.83. The summed E-state index contributed by atoms with van der Waals surface area (Å²) in [5.41, 5.74) is 7.04. The number of nitrogens with zero attached hydrogens (tertiary/aromatic N) is 3. The molecule has 2 N–H and O–H groups in total. The molecule has 2 aliphatic rings. The Morgan fingerprint density at radius 2 is 1.72 bits per heavy atom. The summed E-state index contributed by atoms with van der Waals surface area (Å²) < 4.78 is 38.8. The Morgan fingerprint density at radius 3 is 2.28 bits per heavy atom. The van der Waals surface area contributed by atoms with Crippen LogP contribution in [0.5, 0.6) is 0 Å². The quantitative estimate of drug-likeness (QED) is 0.523. The van der Waals surface area contributed by atoms with Crippen LogP contribution in [0.15, 0.2) is 42.5 Å². The van der Waals surface area contributed by atoms with Crippen LogP contribution in [0.25, 0.3) is 0 Å². The first-order valence-corrected chi connectivity index (χ1v) is 12.8. The van der Waals surface area contributed by atoms with Crippen molar-refractivity contribution in [3.05, 3.63) is 64.2 Å². The monoisotopic (exact) mass is 522 g/mol. The van der Waals surface area contributed by atoms with Crippen molar-refractivity contribution in [2.45, 2.75) is 57.4 Å². The van der Waals surface area contributed by atoms with Crippen molar-refractivity contribution in [2.75, 3.05) is 38.5 Å². The Kier molecular flexibility index (Phi) is 7.60. The van der Waals surface area contributed by atoms with Crippen molar-refractivity contribution in [1.82, 2.24) is 14.7 Å². The lowest BCUT2D eigenvalue weighted by molar-refractivity contribution is -0.137. The number of rotatable bonds is 4. The highest BCUT2D eigenvalue weighted by atomic mass is 35.5. The molecule has 0 radical (unpaired) electrons. The standard InChI is InChI=1S/C27H34ClF3N4O/c1-18-17-34(15-16-35(18)19(2)20-7-9-21(10-8-20)27(29,30)31)26(3)11-13-33(14-12-26)25(36)24-22(28)5-4-6-23(24)32/h4-10,18-19H,11-17,32H2,1-3H3/t18-,19-/m0/s1. The zero-order chi connectivity index (χ0) is 26.3. The van der Waals surface area contributed by atoms with E-state index in [1.807, 2.05) is 4.90 Å². The molecule has 2 aromatic carbocycles. The van der Waals surface area contributed by atoms with Gasteiger partial charge in [0.15, 0.2) is 0 Å². The maximum Gasteiger partial charge on any atom is 0.416 e. The van der Waals surface area contributed by atoms with E-state index in [2.05, 4.69) is 30.6 Å². The maximum atomic E-state index is 13.1. The van der Waals surface area contributed by atoms with Gasteiger partial charge in [0.2, 0.25) is 0 Å². The fourth-order valence-corrected chi connectivity index (χ4v) is 5.87. The maximum absolute atomic E-state index is 13.1. The molecule has 2 aliphatic heterocycles. The molecule has 2 aromatic rings. The number of anilines is 1. The Hall–Kier alpha value is -2.29. The summed E-state index contributed by atoms with van der Waals surface area (Å²) in [6.45, 7) is 10.3. The highest BCUT2D eigenvalue weighted by molar-refractivity contribution is 6.34. The third kappa shape index (κ3) is 5.36. The SMILES string of the molecule is C[C@H]1CN(C2(C)CCN(C(=O)c3c(N)cccc3Cl)CC2)CCN1[C@@H](C)c1ccc(C(F)(F)F)cc1. The van der Waals surface area contributed by atoms with Crippen molar-refractivity contribution in [2.24, 2.45) is 0 Å². The average molecular weight is 523 g/mol. The molecule has 0 unspecified atom stereocenters. The first kappa shape index (κ1) is 26.8. The Morgan fingerprint density at radius 1 is 1.08 bits per heavy atom. The molecule has 196 valence electrons. The van der Waals surface area contributed by atoms with Gasteiger partial charge in [-0.2, -0.15) is 13.2 Å². The number of amides is 1. The Bertz CT molecular complexity index is 1060. The predicted molar refractivity (Wildman–Crippen MR) is 137 cm³/mol. The fraction of sp³-hybridized carbons (Fsp3) is 0.519. The summed E-state index contributed by atoms with van der Waals surface area (Å²) in [4.78, 5) is 19.8. The second kappa shape index (κ2) is 10.2. The van der Waals surface area contributed by atoms with Crippen LogP contribution in [0.4, 0.5) is 18.9 Å². The number of nitrogens with two attached hydrogens (primary N) is 1. The van der Waals surface area contributed by atoms with Gasteiger partial charge in [0.05, 0.1) is 16.1 Å². The molecule has 9 heteroatoms. The van der Waals surface area contributed by atoms with E-state index in [0.717, 1.165) is 38.0 Å². The van der Waals surface area contributed by atoms with Crippen LogP contribution in [0.2, 0.25) is 5.02 Å². The molecule has 36 heavy (non-hydrogen) atoms. The van der Waals surface area contributed by atoms with Crippen molar-refractivity contribution in [3.8, 4) is 0 Å². The zero-order valence-electron chi connectivity index (χ0n) is 21.0. The van der Waals surface area contributed by atoms with Crippen LogP contribution in [-0.4, -0.2) is 64.9 Å². The number of nitrogen functional groups attached to an aromatic ring is 1. The van der Waals surface area contributed by atoms with Crippen molar-refractivity contribution >= 4 is 23.2 Å². The second-order valence-electron chi connectivity index (χ2n) is 10.3. The molecule has 2 atom stereocenters. The molecule has 2 fully saturated rings. The van der Waals surface area contributed by atoms with E-state index in [-0.39, 0.29) is 23.5 Å². The smallest absolute Gasteiger partial charge is 0.398 e. The van der Waals surface area contributed by atoms with Gasteiger partial charge in [-0.25, -0.2) is 0 Å². The third-order valence-electron chi connectivity index (χ3n) is 8.05. The van der Waals surface area contributed by atoms with Crippen molar-refractivity contribution < 1.29 is 18.0 Å². The van der Waals surface area contributed by atoms with E-state index in [1.165, 1.54) is 12.1 Å². The zero-order valence-corrected chi connectivity index (χ0v) is 21.7. The van der Waals surface area contributed by atoms with Crippen LogP contribution in [-0.2, 0) is 6.18 Å². The minimum Gasteiger partial charge on any atom is -0.398 e. The number of carbonyl (C=O) groups is 1. The molecule has 0 saturated carbocycles. The van der Waals surface area contributed by atoms with Gasteiger partial charge in [-0.3, -0.25) is 14.6 Å². The van der Waals surface area contributed by atoms with E-state index < -0.39 is 11.7 Å². The molecule has 0 spiro atoms. The minimum absolute atomic E-state index is 0.0257. The highest BCUT2D eigenvalue weighted by Crippen LogP contribution is 2.35. The van der Waals surface area contributed by atoms with E-state index in [9.17, 15) is 18.0 Å². The molecule has 0 aliphatic carbocycles. The summed E-state index contributed by atoms with van der Waals surface area (Å²) in [7, 11) is 0. The fourth-order valence-electron chi connectivity index (χ4n) is 5.61. The molecule has 2 saturated heterocycles. The molecular weight excluding hydrogens is 489 g/mol. The first-order valence-electron chi connectivity index (χ1n) is 12.4. The molecule has 1 amide bonds. The number of benzene rings is 2. The summed E-state index contributed by atoms with van der Waals surface area (Å²) >= 11 is 6.26.